The summed E-state index contributed by atoms with van der Waals surface area (Å²) in [5, 5.41) is 5.87. The van der Waals surface area contributed by atoms with E-state index < -0.39 is 0 Å². The number of rotatable bonds is 2. The van der Waals surface area contributed by atoms with Gasteiger partial charge < -0.3 is 4.42 Å². The lowest BCUT2D eigenvalue weighted by Crippen LogP contribution is -1.98. The van der Waals surface area contributed by atoms with E-state index in [2.05, 4.69) is 108 Å². The Morgan fingerprint density at radius 1 is 0.524 bits per heavy atom. The molecule has 9 aromatic rings. The van der Waals surface area contributed by atoms with Crippen molar-refractivity contribution in [2.45, 2.75) is 0 Å². The van der Waals surface area contributed by atoms with Gasteiger partial charge in [0.1, 0.15) is 17.0 Å². The summed E-state index contributed by atoms with van der Waals surface area (Å²) in [4.78, 5) is 9.95. The quantitative estimate of drug-likeness (QED) is 0.221. The molecule has 0 amide bonds. The molecular formula is C38H21N3O. The molecule has 0 spiro atoms. The summed E-state index contributed by atoms with van der Waals surface area (Å²) in [6.07, 6.45) is 1.87. The minimum Gasteiger partial charge on any atom is -0.456 e. The zero-order valence-electron chi connectivity index (χ0n) is 22.4. The lowest BCUT2D eigenvalue weighted by atomic mass is 10.0. The van der Waals surface area contributed by atoms with Crippen LogP contribution in [0.5, 0.6) is 0 Å². The molecule has 0 unspecified atom stereocenters. The third-order valence-corrected chi connectivity index (χ3v) is 8.78. The molecule has 0 fully saturated rings. The van der Waals surface area contributed by atoms with Crippen molar-refractivity contribution in [1.82, 2.24) is 14.5 Å². The second-order valence-electron chi connectivity index (χ2n) is 11.0. The van der Waals surface area contributed by atoms with E-state index in [1.54, 1.807) is 0 Å². The van der Waals surface area contributed by atoms with Gasteiger partial charge in [-0.05, 0) is 71.3 Å². The molecule has 4 heterocycles. The maximum absolute atomic E-state index is 6.08. The second kappa shape index (κ2) is 7.93. The molecular weight excluding hydrogens is 514 g/mol. The van der Waals surface area contributed by atoms with Gasteiger partial charge in [-0.2, -0.15) is 0 Å². The third kappa shape index (κ3) is 2.85. The van der Waals surface area contributed by atoms with E-state index in [1.807, 2.05) is 24.4 Å². The van der Waals surface area contributed by atoms with Crippen molar-refractivity contribution < 1.29 is 4.42 Å². The van der Waals surface area contributed by atoms with Crippen molar-refractivity contribution in [3.05, 3.63) is 128 Å². The molecule has 4 heteroatoms. The Balaban J connectivity index is 1.22. The van der Waals surface area contributed by atoms with Gasteiger partial charge in [-0.15, -0.1) is 0 Å². The van der Waals surface area contributed by atoms with E-state index in [0.29, 0.717) is 0 Å². The van der Waals surface area contributed by atoms with Crippen molar-refractivity contribution in [3.63, 3.8) is 0 Å². The predicted molar refractivity (Wildman–Crippen MR) is 171 cm³/mol. The maximum atomic E-state index is 6.08. The molecule has 4 aromatic heterocycles. The highest BCUT2D eigenvalue weighted by atomic mass is 16.3. The fraction of sp³-hybridized carbons (Fsp3) is 0. The van der Waals surface area contributed by atoms with Crippen LogP contribution in [0, 0.1) is 0 Å². The SMILES string of the molecule is c1cnc2c(c1)-c1cc(-n3c4ccccc4c4cc(-c5ccc6oc7ccccc7c6c5)ccc43)nc3cccc-2c13. The van der Waals surface area contributed by atoms with Gasteiger partial charge in [0.2, 0.25) is 0 Å². The number of furan rings is 1. The number of pyridine rings is 2. The highest BCUT2D eigenvalue weighted by molar-refractivity contribution is 6.15. The van der Waals surface area contributed by atoms with Crippen LogP contribution in [0.1, 0.15) is 0 Å². The molecule has 0 saturated carbocycles. The van der Waals surface area contributed by atoms with Crippen LogP contribution < -0.4 is 0 Å². The van der Waals surface area contributed by atoms with Gasteiger partial charge in [0.25, 0.3) is 0 Å². The largest absolute Gasteiger partial charge is 0.456 e. The molecule has 1 aliphatic carbocycles. The van der Waals surface area contributed by atoms with Crippen molar-refractivity contribution in [2.75, 3.05) is 0 Å². The number of hydrogen-bond acceptors (Lipinski definition) is 3. The molecule has 0 bridgehead atoms. The molecule has 0 aliphatic heterocycles. The molecule has 0 N–H and O–H groups in total. The number of para-hydroxylation sites is 2. The van der Waals surface area contributed by atoms with Gasteiger partial charge in [-0.25, -0.2) is 4.98 Å². The van der Waals surface area contributed by atoms with E-state index in [4.69, 9.17) is 14.4 Å². The molecule has 194 valence electrons. The zero-order chi connectivity index (χ0) is 27.4. The Hall–Kier alpha value is -5.74. The lowest BCUT2D eigenvalue weighted by Gasteiger charge is -2.11. The molecule has 0 saturated heterocycles. The minimum absolute atomic E-state index is 0.910. The van der Waals surface area contributed by atoms with Crippen molar-refractivity contribution >= 4 is 54.6 Å². The summed E-state index contributed by atoms with van der Waals surface area (Å²) in [6.45, 7) is 0. The first-order chi connectivity index (χ1) is 20.8. The van der Waals surface area contributed by atoms with Crippen LogP contribution in [0.15, 0.2) is 132 Å². The van der Waals surface area contributed by atoms with Crippen LogP contribution in [0.3, 0.4) is 0 Å². The van der Waals surface area contributed by atoms with Gasteiger partial charge in [-0.1, -0.05) is 66.7 Å². The molecule has 0 radical (unpaired) electrons. The number of benzene rings is 5. The third-order valence-electron chi connectivity index (χ3n) is 8.78. The van der Waals surface area contributed by atoms with E-state index in [0.717, 1.165) is 61.1 Å². The Bertz CT molecular complexity index is 2590. The summed E-state index contributed by atoms with van der Waals surface area (Å²) in [6, 6.07) is 42.9. The maximum Gasteiger partial charge on any atom is 0.138 e. The normalized spacial score (nSPS) is 12.3. The molecule has 42 heavy (non-hydrogen) atoms. The highest BCUT2D eigenvalue weighted by Gasteiger charge is 2.25. The van der Waals surface area contributed by atoms with Gasteiger partial charge in [0, 0.05) is 44.3 Å². The second-order valence-corrected chi connectivity index (χ2v) is 11.0. The highest BCUT2D eigenvalue weighted by Crippen LogP contribution is 2.46. The number of hydrogen-bond donors (Lipinski definition) is 0. The summed E-state index contributed by atoms with van der Waals surface area (Å²) in [5.41, 5.74) is 12.0. The molecule has 1 aliphatic rings. The van der Waals surface area contributed by atoms with Gasteiger partial charge in [0.05, 0.1) is 22.2 Å². The van der Waals surface area contributed by atoms with Gasteiger partial charge in [-0.3, -0.25) is 9.55 Å². The van der Waals surface area contributed by atoms with E-state index in [9.17, 15) is 0 Å². The summed E-state index contributed by atoms with van der Waals surface area (Å²) in [5.74, 6) is 0.914. The number of fused-ring (bicyclic) bond motifs is 9. The topological polar surface area (TPSA) is 43.9 Å². The van der Waals surface area contributed by atoms with Crippen LogP contribution in [-0.4, -0.2) is 14.5 Å². The molecule has 4 nitrogen and oxygen atoms in total. The predicted octanol–water partition coefficient (Wildman–Crippen LogP) is 9.94. The van der Waals surface area contributed by atoms with Crippen molar-refractivity contribution in [1.29, 1.82) is 0 Å². The first-order valence-corrected chi connectivity index (χ1v) is 14.2. The standard InChI is InChI=1S/C38H21N3O/c1-3-12-32-24(7-1)28-19-22(23-15-17-35-29(20-23)25-8-2-4-13-34(25)42-35)14-16-33(28)41(32)36-21-30-26-10-6-18-39-38(26)27-9-5-11-31(40-36)37(27)30/h1-21H. The monoisotopic (exact) mass is 535 g/mol. The smallest absolute Gasteiger partial charge is 0.138 e. The average molecular weight is 536 g/mol. The van der Waals surface area contributed by atoms with Crippen LogP contribution in [0.25, 0.3) is 94.0 Å². The van der Waals surface area contributed by atoms with Crippen molar-refractivity contribution in [2.24, 2.45) is 0 Å². The van der Waals surface area contributed by atoms with Crippen LogP contribution in [-0.2, 0) is 0 Å². The fourth-order valence-electron chi connectivity index (χ4n) is 6.94. The van der Waals surface area contributed by atoms with Crippen LogP contribution >= 0.6 is 0 Å². The summed E-state index contributed by atoms with van der Waals surface area (Å²) < 4.78 is 8.39. The summed E-state index contributed by atoms with van der Waals surface area (Å²) >= 11 is 0. The average Bonchev–Trinajstić information content (AvgIpc) is 3.69. The fourth-order valence-corrected chi connectivity index (χ4v) is 6.94. The van der Waals surface area contributed by atoms with Crippen LogP contribution in [0.2, 0.25) is 0 Å². The number of nitrogens with zero attached hydrogens (tertiary/aromatic N) is 3. The van der Waals surface area contributed by atoms with Crippen LogP contribution in [0.4, 0.5) is 0 Å². The Labute approximate surface area is 240 Å². The van der Waals surface area contributed by atoms with E-state index in [-0.39, 0.29) is 0 Å². The van der Waals surface area contributed by atoms with E-state index in [1.165, 1.54) is 32.8 Å². The Morgan fingerprint density at radius 3 is 2.24 bits per heavy atom. The molecule has 10 rings (SSSR count). The van der Waals surface area contributed by atoms with Gasteiger partial charge in [0.15, 0.2) is 0 Å². The van der Waals surface area contributed by atoms with Crippen molar-refractivity contribution in [3.8, 4) is 39.3 Å². The minimum atomic E-state index is 0.910. The molecule has 5 aromatic carbocycles. The van der Waals surface area contributed by atoms with E-state index >= 15 is 0 Å². The Kier molecular flexibility index (Phi) is 4.15. The zero-order valence-corrected chi connectivity index (χ0v) is 22.4. The lowest BCUT2D eigenvalue weighted by molar-refractivity contribution is 0.669. The Morgan fingerprint density at radius 2 is 1.29 bits per heavy atom. The van der Waals surface area contributed by atoms with Gasteiger partial charge >= 0.3 is 0 Å². The summed E-state index contributed by atoms with van der Waals surface area (Å²) in [7, 11) is 0. The number of aromatic nitrogens is 3. The molecule has 0 atom stereocenters. The first kappa shape index (κ1) is 22.0. The first-order valence-electron chi connectivity index (χ1n) is 14.2.